The topological polar surface area (TPSA) is 41.6 Å². The van der Waals surface area contributed by atoms with Gasteiger partial charge >= 0.3 is 0 Å². The van der Waals surface area contributed by atoms with Crippen LogP contribution in [0.15, 0.2) is 0 Å². The quantitative estimate of drug-likeness (QED) is 0.787. The van der Waals surface area contributed by atoms with Gasteiger partial charge in [0.25, 0.3) is 0 Å². The molecule has 0 aliphatic carbocycles. The van der Waals surface area contributed by atoms with E-state index in [-0.39, 0.29) is 12.0 Å². The maximum Gasteiger partial charge on any atom is 0.242 e. The van der Waals surface area contributed by atoms with Gasteiger partial charge in [-0.3, -0.25) is 4.79 Å². The first-order chi connectivity index (χ1) is 7.99. The summed E-state index contributed by atoms with van der Waals surface area (Å²) < 4.78 is 5.63. The zero-order valence-electron chi connectivity index (χ0n) is 11.2. The Bertz CT molecular complexity index is 285. The van der Waals surface area contributed by atoms with Crippen molar-refractivity contribution in [1.82, 2.24) is 10.2 Å². The summed E-state index contributed by atoms with van der Waals surface area (Å²) in [7, 11) is 0. The van der Waals surface area contributed by atoms with Crippen molar-refractivity contribution < 1.29 is 9.53 Å². The van der Waals surface area contributed by atoms with Crippen LogP contribution in [0.4, 0.5) is 0 Å². The summed E-state index contributed by atoms with van der Waals surface area (Å²) in [6.07, 6.45) is 3.49. The highest BCUT2D eigenvalue weighted by Gasteiger charge is 2.36. The fourth-order valence-electron chi connectivity index (χ4n) is 2.80. The van der Waals surface area contributed by atoms with Crippen molar-refractivity contribution in [3.05, 3.63) is 0 Å². The third kappa shape index (κ3) is 2.99. The second-order valence-corrected chi connectivity index (χ2v) is 5.85. The van der Waals surface area contributed by atoms with E-state index in [9.17, 15) is 4.79 Å². The van der Waals surface area contributed by atoms with Crippen LogP contribution >= 0.6 is 0 Å². The van der Waals surface area contributed by atoms with Crippen LogP contribution in [0.2, 0.25) is 0 Å². The van der Waals surface area contributed by atoms with E-state index in [2.05, 4.69) is 12.2 Å². The zero-order valence-corrected chi connectivity index (χ0v) is 11.2. The summed E-state index contributed by atoms with van der Waals surface area (Å²) in [5, 5.41) is 3.39. The molecule has 2 rings (SSSR count). The molecule has 0 aromatic carbocycles. The lowest BCUT2D eigenvalue weighted by atomic mass is 10.0. The van der Waals surface area contributed by atoms with Crippen molar-refractivity contribution in [3.63, 3.8) is 0 Å². The first-order valence-electron chi connectivity index (χ1n) is 6.68. The van der Waals surface area contributed by atoms with Gasteiger partial charge in [-0.1, -0.05) is 0 Å². The highest BCUT2D eigenvalue weighted by Crippen LogP contribution is 2.19. The molecule has 17 heavy (non-hydrogen) atoms. The molecule has 0 aromatic rings. The molecular weight excluding hydrogens is 216 g/mol. The Morgan fingerprint density at radius 2 is 2.24 bits per heavy atom. The van der Waals surface area contributed by atoms with Gasteiger partial charge in [0.05, 0.1) is 11.6 Å². The van der Waals surface area contributed by atoms with E-state index in [1.807, 2.05) is 18.7 Å². The molecular formula is C13H24N2O2. The van der Waals surface area contributed by atoms with Crippen LogP contribution in [-0.4, -0.2) is 48.2 Å². The van der Waals surface area contributed by atoms with Crippen molar-refractivity contribution in [1.29, 1.82) is 0 Å². The number of hydrogen-bond donors (Lipinski definition) is 1. The van der Waals surface area contributed by atoms with Crippen molar-refractivity contribution in [2.24, 2.45) is 0 Å². The Hall–Kier alpha value is -0.610. The van der Waals surface area contributed by atoms with Crippen LogP contribution in [0.25, 0.3) is 0 Å². The highest BCUT2D eigenvalue weighted by molar-refractivity contribution is 5.85. The van der Waals surface area contributed by atoms with E-state index < -0.39 is 5.54 Å². The van der Waals surface area contributed by atoms with Crippen LogP contribution < -0.4 is 5.32 Å². The van der Waals surface area contributed by atoms with Crippen molar-refractivity contribution in [2.45, 2.75) is 57.7 Å². The molecule has 4 nitrogen and oxygen atoms in total. The average Bonchev–Trinajstić information content (AvgIpc) is 2.71. The summed E-state index contributed by atoms with van der Waals surface area (Å²) in [5.74, 6) is 0.206. The van der Waals surface area contributed by atoms with E-state index >= 15 is 0 Å². The van der Waals surface area contributed by atoms with E-state index in [0.29, 0.717) is 6.04 Å². The number of ether oxygens (including phenoxy) is 1. The van der Waals surface area contributed by atoms with Gasteiger partial charge in [-0.25, -0.2) is 0 Å². The Labute approximate surface area is 104 Å². The predicted molar refractivity (Wildman–Crippen MR) is 66.8 cm³/mol. The summed E-state index contributed by atoms with van der Waals surface area (Å²) in [6, 6.07) is 0.392. The van der Waals surface area contributed by atoms with Crippen LogP contribution in [0.5, 0.6) is 0 Å². The van der Waals surface area contributed by atoms with Crippen LogP contribution in [0.3, 0.4) is 0 Å². The molecule has 1 N–H and O–H groups in total. The molecule has 0 aromatic heterocycles. The number of nitrogens with zero attached hydrogens (tertiary/aromatic N) is 1. The molecule has 2 aliphatic rings. The average molecular weight is 240 g/mol. The van der Waals surface area contributed by atoms with Gasteiger partial charge in [0.1, 0.15) is 0 Å². The van der Waals surface area contributed by atoms with Gasteiger partial charge < -0.3 is 15.0 Å². The third-order valence-corrected chi connectivity index (χ3v) is 3.71. The molecule has 0 saturated carbocycles. The molecule has 1 amide bonds. The minimum atomic E-state index is -0.450. The second-order valence-electron chi connectivity index (χ2n) is 5.85. The predicted octanol–water partition coefficient (Wildman–Crippen LogP) is 1.15. The van der Waals surface area contributed by atoms with Gasteiger partial charge in [-0.2, -0.15) is 0 Å². The SMILES string of the molecule is CC1CCN(CC2CCCO2)C(=O)C(C)(C)N1. The van der Waals surface area contributed by atoms with E-state index in [4.69, 9.17) is 4.74 Å². The fourth-order valence-corrected chi connectivity index (χ4v) is 2.80. The molecule has 2 atom stereocenters. The third-order valence-electron chi connectivity index (χ3n) is 3.71. The van der Waals surface area contributed by atoms with Gasteiger partial charge in [0.2, 0.25) is 5.91 Å². The van der Waals surface area contributed by atoms with Crippen LogP contribution in [0, 0.1) is 0 Å². The first-order valence-corrected chi connectivity index (χ1v) is 6.68. The standard InChI is InChI=1S/C13H24N2O2/c1-10-6-7-15(9-11-5-4-8-17-11)12(16)13(2,3)14-10/h10-11,14H,4-9H2,1-3H3. The lowest BCUT2D eigenvalue weighted by Gasteiger charge is -2.31. The monoisotopic (exact) mass is 240 g/mol. The zero-order chi connectivity index (χ0) is 12.5. The maximum atomic E-state index is 12.4. The second kappa shape index (κ2) is 4.94. The van der Waals surface area contributed by atoms with Crippen LogP contribution in [0.1, 0.15) is 40.0 Å². The molecule has 0 bridgehead atoms. The Balaban J connectivity index is 2.02. The number of nitrogens with one attached hydrogen (secondary N) is 1. The molecule has 2 heterocycles. The maximum absolute atomic E-state index is 12.4. The molecule has 0 spiro atoms. The minimum absolute atomic E-state index is 0.206. The summed E-state index contributed by atoms with van der Waals surface area (Å²) in [6.45, 7) is 8.54. The smallest absolute Gasteiger partial charge is 0.242 e. The molecule has 4 heteroatoms. The molecule has 2 fully saturated rings. The number of hydrogen-bond acceptors (Lipinski definition) is 3. The number of carbonyl (C=O) groups excluding carboxylic acids is 1. The first kappa shape index (κ1) is 12.8. The number of carbonyl (C=O) groups is 1. The van der Waals surface area contributed by atoms with E-state index in [1.165, 1.54) is 0 Å². The molecule has 2 unspecified atom stereocenters. The lowest BCUT2D eigenvalue weighted by Crippen LogP contribution is -2.54. The van der Waals surface area contributed by atoms with Gasteiger partial charge in [0, 0.05) is 25.7 Å². The normalized spacial score (nSPS) is 33.8. The molecule has 2 aliphatic heterocycles. The van der Waals surface area contributed by atoms with Crippen molar-refractivity contribution in [2.75, 3.05) is 19.7 Å². The Kier molecular flexibility index (Phi) is 3.73. The lowest BCUT2D eigenvalue weighted by molar-refractivity contribution is -0.137. The van der Waals surface area contributed by atoms with Gasteiger partial charge in [-0.05, 0) is 40.0 Å². The summed E-state index contributed by atoms with van der Waals surface area (Å²) in [4.78, 5) is 14.4. The summed E-state index contributed by atoms with van der Waals surface area (Å²) >= 11 is 0. The molecule has 0 radical (unpaired) electrons. The number of amides is 1. The van der Waals surface area contributed by atoms with Crippen molar-refractivity contribution in [3.8, 4) is 0 Å². The van der Waals surface area contributed by atoms with Gasteiger partial charge in [-0.15, -0.1) is 0 Å². The van der Waals surface area contributed by atoms with Crippen LogP contribution in [-0.2, 0) is 9.53 Å². The Morgan fingerprint density at radius 1 is 1.47 bits per heavy atom. The molecule has 98 valence electrons. The Morgan fingerprint density at radius 3 is 2.88 bits per heavy atom. The van der Waals surface area contributed by atoms with E-state index in [1.54, 1.807) is 0 Å². The molecule has 2 saturated heterocycles. The largest absolute Gasteiger partial charge is 0.376 e. The fraction of sp³-hybridized carbons (Fsp3) is 0.923. The highest BCUT2D eigenvalue weighted by atomic mass is 16.5. The van der Waals surface area contributed by atoms with Crippen molar-refractivity contribution >= 4 is 5.91 Å². The minimum Gasteiger partial charge on any atom is -0.376 e. The summed E-state index contributed by atoms with van der Waals surface area (Å²) in [5.41, 5.74) is -0.450. The number of rotatable bonds is 2. The van der Waals surface area contributed by atoms with Gasteiger partial charge in [0.15, 0.2) is 0 Å². The van der Waals surface area contributed by atoms with E-state index in [0.717, 1.165) is 39.0 Å².